The minimum atomic E-state index is 0.987. The highest BCUT2D eigenvalue weighted by Gasteiger charge is 2.16. The molecule has 0 unspecified atom stereocenters. The molecule has 0 radical (unpaired) electrons. The van der Waals surface area contributed by atoms with Gasteiger partial charge in [0.25, 0.3) is 0 Å². The summed E-state index contributed by atoms with van der Waals surface area (Å²) in [6.07, 6.45) is 6.27. The van der Waals surface area contributed by atoms with Crippen LogP contribution >= 0.6 is 0 Å². The zero-order valence-corrected chi connectivity index (χ0v) is 22.5. The molecular weight excluding hydrogens is 462 g/mol. The summed E-state index contributed by atoms with van der Waals surface area (Å²) in [7, 11) is 0. The van der Waals surface area contributed by atoms with Gasteiger partial charge in [0.05, 0.1) is 0 Å². The summed E-state index contributed by atoms with van der Waals surface area (Å²) >= 11 is 0. The average molecular weight is 500 g/mol. The predicted molar refractivity (Wildman–Crippen MR) is 162 cm³/mol. The van der Waals surface area contributed by atoms with Crippen LogP contribution in [0.15, 0.2) is 84.9 Å². The lowest BCUT2D eigenvalue weighted by atomic mass is 10.1. The quantitative estimate of drug-likeness (QED) is 0.216. The van der Waals surface area contributed by atoms with Crippen LogP contribution in [-0.2, 0) is 26.2 Å². The lowest BCUT2D eigenvalue weighted by Crippen LogP contribution is -2.24. The fourth-order valence-corrected chi connectivity index (χ4v) is 6.76. The van der Waals surface area contributed by atoms with E-state index in [0.29, 0.717) is 0 Å². The van der Waals surface area contributed by atoms with Gasteiger partial charge in [-0.1, -0.05) is 74.7 Å². The van der Waals surface area contributed by atoms with Crippen LogP contribution in [0.4, 0.5) is 0 Å². The molecule has 0 N–H and O–H groups in total. The zero-order chi connectivity index (χ0) is 25.5. The molecular formula is C35H37N3. The van der Waals surface area contributed by atoms with Gasteiger partial charge in [-0.15, -0.1) is 0 Å². The third-order valence-corrected chi connectivity index (χ3v) is 8.58. The van der Waals surface area contributed by atoms with Crippen molar-refractivity contribution in [3.8, 4) is 0 Å². The van der Waals surface area contributed by atoms with E-state index >= 15 is 0 Å². The first-order valence-electron chi connectivity index (χ1n) is 14.5. The molecule has 3 nitrogen and oxygen atoms in total. The Morgan fingerprint density at radius 2 is 1.08 bits per heavy atom. The Bertz CT molecular complexity index is 1630. The van der Waals surface area contributed by atoms with Gasteiger partial charge in [-0.2, -0.15) is 0 Å². The smallest absolute Gasteiger partial charge is 0.0491 e. The third-order valence-electron chi connectivity index (χ3n) is 8.58. The van der Waals surface area contributed by atoms with Gasteiger partial charge in [-0.25, -0.2) is 0 Å². The Kier molecular flexibility index (Phi) is 6.17. The van der Waals surface area contributed by atoms with Crippen molar-refractivity contribution in [2.75, 3.05) is 6.54 Å². The monoisotopic (exact) mass is 499 g/mol. The highest BCUT2D eigenvalue weighted by molar-refractivity contribution is 6.09. The van der Waals surface area contributed by atoms with E-state index in [2.05, 4.69) is 106 Å². The molecule has 3 heteroatoms. The molecule has 2 aromatic heterocycles. The summed E-state index contributed by atoms with van der Waals surface area (Å²) in [4.78, 5) is 2.67. The Morgan fingerprint density at radius 3 is 1.63 bits per heavy atom. The fourth-order valence-electron chi connectivity index (χ4n) is 6.76. The first kappa shape index (κ1) is 23.5. The topological polar surface area (TPSA) is 13.1 Å². The molecule has 0 spiro atoms. The lowest BCUT2D eigenvalue weighted by Gasteiger charge is -2.23. The standard InChI is InChI=1S/C35H37N3/c1-2-3-4-9-19-36-24-26-15-17-34-30(22-26)28-11-5-7-13-32(28)37(34)20-10-21-38-33-14-8-6-12-29(33)31-23-27(25-36)16-18-35(31)38/h5-8,11-18,22-23H,2-4,9-10,19-21,24-25H2,1H3. The van der Waals surface area contributed by atoms with Gasteiger partial charge < -0.3 is 9.13 Å². The van der Waals surface area contributed by atoms with E-state index in [9.17, 15) is 0 Å². The van der Waals surface area contributed by atoms with E-state index in [1.165, 1.54) is 80.4 Å². The molecule has 8 bridgehead atoms. The molecule has 0 saturated carbocycles. The van der Waals surface area contributed by atoms with Crippen molar-refractivity contribution in [1.29, 1.82) is 0 Å². The molecule has 0 fully saturated rings. The summed E-state index contributed by atoms with van der Waals surface area (Å²) in [5, 5.41) is 5.55. The van der Waals surface area contributed by atoms with Crippen molar-refractivity contribution in [1.82, 2.24) is 14.0 Å². The number of hydrogen-bond acceptors (Lipinski definition) is 1. The summed E-state index contributed by atoms with van der Waals surface area (Å²) in [6, 6.07) is 32.4. The van der Waals surface area contributed by atoms with Crippen LogP contribution in [0.5, 0.6) is 0 Å². The summed E-state index contributed by atoms with van der Waals surface area (Å²) in [6.45, 7) is 7.43. The fraction of sp³-hybridized carbons (Fsp3) is 0.314. The van der Waals surface area contributed by atoms with Crippen molar-refractivity contribution >= 4 is 43.6 Å². The number of nitrogens with zero attached hydrogens (tertiary/aromatic N) is 3. The number of unbranched alkanes of at least 4 members (excludes halogenated alkanes) is 3. The molecule has 0 atom stereocenters. The van der Waals surface area contributed by atoms with Crippen molar-refractivity contribution in [2.45, 2.75) is 65.2 Å². The van der Waals surface area contributed by atoms with Crippen LogP contribution in [0.2, 0.25) is 0 Å². The number of aryl methyl sites for hydroxylation is 2. The lowest BCUT2D eigenvalue weighted by molar-refractivity contribution is 0.250. The van der Waals surface area contributed by atoms with E-state index in [-0.39, 0.29) is 0 Å². The Morgan fingerprint density at radius 1 is 0.553 bits per heavy atom. The van der Waals surface area contributed by atoms with E-state index in [1.807, 2.05) is 0 Å². The van der Waals surface area contributed by atoms with Gasteiger partial charge in [0, 0.05) is 69.8 Å². The molecule has 4 aliphatic heterocycles. The Balaban J connectivity index is 1.38. The van der Waals surface area contributed by atoms with Crippen molar-refractivity contribution in [3.05, 3.63) is 96.1 Å². The number of hydrogen-bond donors (Lipinski definition) is 0. The summed E-state index contributed by atoms with van der Waals surface area (Å²) in [5.74, 6) is 0. The van der Waals surface area contributed by atoms with Gasteiger partial charge in [-0.05, 0) is 66.9 Å². The van der Waals surface area contributed by atoms with Crippen molar-refractivity contribution in [2.24, 2.45) is 0 Å². The van der Waals surface area contributed by atoms with E-state index in [0.717, 1.165) is 39.1 Å². The molecule has 6 aromatic rings. The summed E-state index contributed by atoms with van der Waals surface area (Å²) < 4.78 is 5.10. The minimum absolute atomic E-state index is 0.987. The number of fused-ring (bicyclic) bond motifs is 2. The normalized spacial score (nSPS) is 14.9. The van der Waals surface area contributed by atoms with Crippen LogP contribution in [0, 0.1) is 0 Å². The molecule has 0 aliphatic carbocycles. The first-order chi connectivity index (χ1) is 18.8. The second kappa shape index (κ2) is 9.96. The van der Waals surface area contributed by atoms with Crippen LogP contribution in [0.1, 0.15) is 50.2 Å². The van der Waals surface area contributed by atoms with Gasteiger partial charge >= 0.3 is 0 Å². The van der Waals surface area contributed by atoms with E-state index < -0.39 is 0 Å². The van der Waals surface area contributed by atoms with Crippen molar-refractivity contribution in [3.63, 3.8) is 0 Å². The molecule has 38 heavy (non-hydrogen) atoms. The number of aromatic nitrogens is 2. The summed E-state index contributed by atoms with van der Waals surface area (Å²) in [5.41, 5.74) is 8.27. The molecule has 4 aromatic carbocycles. The van der Waals surface area contributed by atoms with Crippen LogP contribution in [0.25, 0.3) is 43.6 Å². The van der Waals surface area contributed by atoms with Gasteiger partial charge in [0.2, 0.25) is 0 Å². The molecule has 10 rings (SSSR count). The molecule has 4 aliphatic rings. The Labute approximate surface area is 225 Å². The second-order valence-electron chi connectivity index (χ2n) is 11.2. The third kappa shape index (κ3) is 4.10. The highest BCUT2D eigenvalue weighted by Crippen LogP contribution is 2.33. The second-order valence-corrected chi connectivity index (χ2v) is 11.2. The molecule has 6 heterocycles. The predicted octanol–water partition coefficient (Wildman–Crippen LogP) is 8.89. The van der Waals surface area contributed by atoms with Crippen LogP contribution < -0.4 is 0 Å². The maximum atomic E-state index is 2.67. The van der Waals surface area contributed by atoms with Gasteiger partial charge in [0.15, 0.2) is 0 Å². The molecule has 192 valence electrons. The first-order valence-corrected chi connectivity index (χ1v) is 14.5. The molecule has 0 saturated heterocycles. The van der Waals surface area contributed by atoms with Gasteiger partial charge in [-0.3, -0.25) is 4.90 Å². The minimum Gasteiger partial charge on any atom is -0.340 e. The highest BCUT2D eigenvalue weighted by atomic mass is 15.1. The molecule has 0 amide bonds. The maximum Gasteiger partial charge on any atom is 0.0491 e. The SMILES string of the molecule is CCCCCCN1Cc2ccc3c(c2)c2ccccc2n3CCCn2c3ccccc3c3cc(ccc32)C1. The number of para-hydroxylation sites is 2. The maximum absolute atomic E-state index is 2.67. The van der Waals surface area contributed by atoms with E-state index in [1.54, 1.807) is 0 Å². The van der Waals surface area contributed by atoms with Crippen LogP contribution in [-0.4, -0.2) is 20.6 Å². The van der Waals surface area contributed by atoms with Gasteiger partial charge in [0.1, 0.15) is 0 Å². The average Bonchev–Trinajstić information content (AvgIpc) is 3.43. The zero-order valence-electron chi connectivity index (χ0n) is 22.5. The Hall–Kier alpha value is -3.56. The number of benzene rings is 4. The number of rotatable bonds is 5. The van der Waals surface area contributed by atoms with Crippen molar-refractivity contribution < 1.29 is 0 Å². The van der Waals surface area contributed by atoms with Crippen LogP contribution in [0.3, 0.4) is 0 Å². The largest absolute Gasteiger partial charge is 0.340 e. The van der Waals surface area contributed by atoms with E-state index in [4.69, 9.17) is 0 Å².